The molecular formula is C7H12O2S. The molecule has 0 aliphatic heterocycles. The van der Waals surface area contributed by atoms with E-state index >= 15 is 0 Å². The maximum Gasteiger partial charge on any atom is 0.171 e. The highest BCUT2D eigenvalue weighted by molar-refractivity contribution is 7.94. The molecule has 0 aromatic rings. The van der Waals surface area contributed by atoms with Gasteiger partial charge in [-0.1, -0.05) is 12.2 Å². The lowest BCUT2D eigenvalue weighted by Crippen LogP contribution is -1.95. The molecule has 0 saturated heterocycles. The van der Waals surface area contributed by atoms with Crippen molar-refractivity contribution < 1.29 is 8.42 Å². The second-order valence-electron chi connectivity index (χ2n) is 2.08. The molecule has 0 radical (unpaired) electrons. The number of allylic oxidation sites excluding steroid dienone is 4. The number of sulfone groups is 1. The summed E-state index contributed by atoms with van der Waals surface area (Å²) in [6, 6.07) is 0. The minimum atomic E-state index is -2.97. The van der Waals surface area contributed by atoms with Gasteiger partial charge < -0.3 is 0 Å². The Balaban J connectivity index is 4.52. The lowest BCUT2D eigenvalue weighted by molar-refractivity contribution is 0.607. The van der Waals surface area contributed by atoms with E-state index < -0.39 is 9.84 Å². The van der Waals surface area contributed by atoms with Crippen molar-refractivity contribution in [3.05, 3.63) is 23.1 Å². The molecule has 0 spiro atoms. The second-order valence-corrected chi connectivity index (χ2v) is 4.26. The van der Waals surface area contributed by atoms with E-state index in [4.69, 9.17) is 0 Å². The van der Waals surface area contributed by atoms with Gasteiger partial charge in [0.1, 0.15) is 0 Å². The molecule has 0 bridgehead atoms. The van der Waals surface area contributed by atoms with Crippen molar-refractivity contribution in [1.29, 1.82) is 0 Å². The average molecular weight is 160 g/mol. The zero-order valence-corrected chi connectivity index (χ0v) is 7.27. The first-order valence-electron chi connectivity index (χ1n) is 2.98. The predicted molar refractivity (Wildman–Crippen MR) is 43.4 cm³/mol. The van der Waals surface area contributed by atoms with Crippen molar-refractivity contribution in [1.82, 2.24) is 0 Å². The summed E-state index contributed by atoms with van der Waals surface area (Å²) >= 11 is 0. The fourth-order valence-corrected chi connectivity index (χ4v) is 0.681. The average Bonchev–Trinajstić information content (AvgIpc) is 1.80. The fraction of sp³-hybridized carbons (Fsp3) is 0.429. The van der Waals surface area contributed by atoms with Crippen molar-refractivity contribution in [2.24, 2.45) is 0 Å². The maximum absolute atomic E-state index is 10.7. The molecule has 0 fully saturated rings. The molecule has 58 valence electrons. The Bertz CT molecular complexity index is 245. The third-order valence-electron chi connectivity index (χ3n) is 1.11. The lowest BCUT2D eigenvalue weighted by atomic mass is 10.5. The first-order chi connectivity index (χ1) is 4.48. The zero-order chi connectivity index (χ0) is 8.20. The molecule has 0 atom stereocenters. The van der Waals surface area contributed by atoms with Crippen LogP contribution in [0.5, 0.6) is 0 Å². The number of hydrogen-bond donors (Lipinski definition) is 0. The summed E-state index contributed by atoms with van der Waals surface area (Å²) in [5, 5.41) is 0. The Hall–Kier alpha value is -0.570. The van der Waals surface area contributed by atoms with Crippen LogP contribution in [0.25, 0.3) is 0 Å². The van der Waals surface area contributed by atoms with E-state index in [0.717, 1.165) is 0 Å². The highest BCUT2D eigenvalue weighted by Gasteiger charge is 2.01. The SMILES string of the molecule is C/C=C/C=C(/C)S(C)(=O)=O. The van der Waals surface area contributed by atoms with E-state index in [1.54, 1.807) is 25.2 Å². The van der Waals surface area contributed by atoms with Gasteiger partial charge in [0.25, 0.3) is 0 Å². The molecule has 0 rings (SSSR count). The van der Waals surface area contributed by atoms with Crippen LogP contribution in [0.4, 0.5) is 0 Å². The van der Waals surface area contributed by atoms with Crippen LogP contribution in [0, 0.1) is 0 Å². The van der Waals surface area contributed by atoms with Gasteiger partial charge in [0.05, 0.1) is 0 Å². The zero-order valence-electron chi connectivity index (χ0n) is 6.46. The molecule has 0 unspecified atom stereocenters. The lowest BCUT2D eigenvalue weighted by Gasteiger charge is -1.92. The molecule has 0 aliphatic rings. The van der Waals surface area contributed by atoms with Crippen LogP contribution in [0.15, 0.2) is 23.1 Å². The van der Waals surface area contributed by atoms with Gasteiger partial charge in [-0.15, -0.1) is 0 Å². The largest absolute Gasteiger partial charge is 0.224 e. The standard InChI is InChI=1S/C7H12O2S/c1-4-5-6-7(2)10(3,8)9/h4-6H,1-3H3/b5-4+,7-6-. The quantitative estimate of drug-likeness (QED) is 0.574. The van der Waals surface area contributed by atoms with Gasteiger partial charge in [-0.25, -0.2) is 8.42 Å². The Morgan fingerprint density at radius 3 is 2.20 bits per heavy atom. The van der Waals surface area contributed by atoms with E-state index in [1.807, 2.05) is 6.92 Å². The van der Waals surface area contributed by atoms with Crippen LogP contribution in [-0.2, 0) is 9.84 Å². The Morgan fingerprint density at radius 2 is 1.90 bits per heavy atom. The third-order valence-corrected chi connectivity index (χ3v) is 2.41. The first kappa shape index (κ1) is 9.43. The molecule has 0 amide bonds. The summed E-state index contributed by atoms with van der Waals surface area (Å²) in [6.45, 7) is 3.42. The van der Waals surface area contributed by atoms with Crippen molar-refractivity contribution in [2.75, 3.05) is 6.26 Å². The van der Waals surface area contributed by atoms with E-state index in [2.05, 4.69) is 0 Å². The number of hydrogen-bond acceptors (Lipinski definition) is 2. The van der Waals surface area contributed by atoms with E-state index in [-0.39, 0.29) is 0 Å². The van der Waals surface area contributed by atoms with Crippen molar-refractivity contribution in [2.45, 2.75) is 13.8 Å². The minimum Gasteiger partial charge on any atom is -0.224 e. The van der Waals surface area contributed by atoms with E-state index in [0.29, 0.717) is 4.91 Å². The highest BCUT2D eigenvalue weighted by Crippen LogP contribution is 2.01. The molecule has 0 N–H and O–H groups in total. The number of rotatable bonds is 2. The van der Waals surface area contributed by atoms with Crippen LogP contribution in [0.2, 0.25) is 0 Å². The van der Waals surface area contributed by atoms with Crippen LogP contribution < -0.4 is 0 Å². The fourth-order valence-electron chi connectivity index (χ4n) is 0.355. The van der Waals surface area contributed by atoms with Crippen LogP contribution >= 0.6 is 0 Å². The molecule has 3 heteroatoms. The molecule has 10 heavy (non-hydrogen) atoms. The monoisotopic (exact) mass is 160 g/mol. The molecule has 0 aromatic carbocycles. The van der Waals surface area contributed by atoms with Gasteiger partial charge in [-0.3, -0.25) is 0 Å². The van der Waals surface area contributed by atoms with Crippen LogP contribution in [-0.4, -0.2) is 14.7 Å². The summed E-state index contributed by atoms with van der Waals surface area (Å²) in [7, 11) is -2.97. The topological polar surface area (TPSA) is 34.1 Å². The van der Waals surface area contributed by atoms with Crippen LogP contribution in [0.3, 0.4) is 0 Å². The van der Waals surface area contributed by atoms with Gasteiger partial charge in [-0.05, 0) is 19.9 Å². The summed E-state index contributed by atoms with van der Waals surface area (Å²) in [6.07, 6.45) is 6.27. The Labute approximate surface area is 62.2 Å². The van der Waals surface area contributed by atoms with Crippen molar-refractivity contribution >= 4 is 9.84 Å². The summed E-state index contributed by atoms with van der Waals surface area (Å²) in [5.74, 6) is 0. The van der Waals surface area contributed by atoms with Crippen LogP contribution in [0.1, 0.15) is 13.8 Å². The van der Waals surface area contributed by atoms with Crippen molar-refractivity contribution in [3.8, 4) is 0 Å². The predicted octanol–water partition coefficient (Wildman–Crippen LogP) is 1.51. The van der Waals surface area contributed by atoms with Gasteiger partial charge in [-0.2, -0.15) is 0 Å². The van der Waals surface area contributed by atoms with Gasteiger partial charge in [0.15, 0.2) is 9.84 Å². The molecular weight excluding hydrogens is 148 g/mol. The highest BCUT2D eigenvalue weighted by atomic mass is 32.2. The van der Waals surface area contributed by atoms with E-state index in [9.17, 15) is 8.42 Å². The third kappa shape index (κ3) is 3.45. The van der Waals surface area contributed by atoms with Gasteiger partial charge >= 0.3 is 0 Å². The molecule has 2 nitrogen and oxygen atoms in total. The molecule has 0 aliphatic carbocycles. The summed E-state index contributed by atoms with van der Waals surface area (Å²) in [5.41, 5.74) is 0. The molecule has 0 heterocycles. The van der Waals surface area contributed by atoms with E-state index in [1.165, 1.54) is 6.26 Å². The smallest absolute Gasteiger partial charge is 0.171 e. The second kappa shape index (κ2) is 3.56. The van der Waals surface area contributed by atoms with Gasteiger partial charge in [0.2, 0.25) is 0 Å². The maximum atomic E-state index is 10.7. The normalized spacial score (nSPS) is 14.5. The summed E-state index contributed by atoms with van der Waals surface area (Å²) in [4.78, 5) is 0.394. The molecule has 0 saturated carbocycles. The van der Waals surface area contributed by atoms with Gasteiger partial charge in [0, 0.05) is 11.2 Å². The summed E-state index contributed by atoms with van der Waals surface area (Å²) < 4.78 is 21.5. The molecule has 0 aromatic heterocycles. The Morgan fingerprint density at radius 1 is 1.40 bits per heavy atom. The van der Waals surface area contributed by atoms with Crippen molar-refractivity contribution in [3.63, 3.8) is 0 Å². The first-order valence-corrected chi connectivity index (χ1v) is 4.87. The Kier molecular flexibility index (Phi) is 3.36. The minimum absolute atomic E-state index is 0.394.